The molecule has 6 aromatic rings. The van der Waals surface area contributed by atoms with Gasteiger partial charge in [-0.25, -0.2) is 0 Å². The van der Waals surface area contributed by atoms with E-state index in [1.54, 1.807) is 11.1 Å². The highest BCUT2D eigenvalue weighted by Crippen LogP contribution is 2.61. The van der Waals surface area contributed by atoms with E-state index in [4.69, 9.17) is 4.42 Å². The highest BCUT2D eigenvalue weighted by Gasteiger charge is 2.51. The maximum atomic E-state index is 6.41. The summed E-state index contributed by atoms with van der Waals surface area (Å²) in [6, 6.07) is 43.5. The van der Waals surface area contributed by atoms with Crippen molar-refractivity contribution in [1.82, 2.24) is 0 Å². The molecule has 3 unspecified atom stereocenters. The summed E-state index contributed by atoms with van der Waals surface area (Å²) < 4.78 is 6.41. The van der Waals surface area contributed by atoms with Crippen LogP contribution in [0, 0.1) is 29.6 Å². The zero-order chi connectivity index (χ0) is 32.1. The Kier molecular flexibility index (Phi) is 6.32. The molecule has 6 bridgehead atoms. The molecule has 6 saturated carbocycles. The van der Waals surface area contributed by atoms with E-state index in [1.165, 1.54) is 97.6 Å². The third-order valence-corrected chi connectivity index (χ3v) is 13.9. The average Bonchev–Trinajstić information content (AvgIpc) is 3.87. The molecule has 244 valence electrons. The molecule has 6 aliphatic rings. The van der Waals surface area contributed by atoms with Crippen LogP contribution in [0.15, 0.2) is 120 Å². The highest BCUT2D eigenvalue weighted by molar-refractivity contribution is 6.09. The van der Waals surface area contributed by atoms with Crippen molar-refractivity contribution in [3.05, 3.63) is 126 Å². The Morgan fingerprint density at radius 1 is 0.531 bits per heavy atom. The molecular formula is C47H45NO. The van der Waals surface area contributed by atoms with Crippen molar-refractivity contribution in [3.63, 3.8) is 0 Å². The van der Waals surface area contributed by atoms with Crippen LogP contribution in [0.5, 0.6) is 0 Å². The van der Waals surface area contributed by atoms with Crippen LogP contribution in [0.25, 0.3) is 33.1 Å². The summed E-state index contributed by atoms with van der Waals surface area (Å²) in [5, 5.41) is 2.35. The number of nitrogens with zero attached hydrogens (tertiary/aromatic N) is 1. The number of hydrogen-bond donors (Lipinski definition) is 0. The van der Waals surface area contributed by atoms with Crippen LogP contribution in [0.1, 0.15) is 81.3 Å². The molecule has 1 aromatic heterocycles. The van der Waals surface area contributed by atoms with E-state index in [2.05, 4.69) is 114 Å². The molecule has 2 heteroatoms. The monoisotopic (exact) mass is 639 g/mol. The third-order valence-electron chi connectivity index (χ3n) is 13.9. The molecule has 1 heterocycles. The minimum absolute atomic E-state index is 0.416. The maximum absolute atomic E-state index is 6.41. The second-order valence-electron chi connectivity index (χ2n) is 16.8. The predicted octanol–water partition coefficient (Wildman–Crippen LogP) is 13.1. The Morgan fingerprint density at radius 3 is 1.82 bits per heavy atom. The van der Waals surface area contributed by atoms with Gasteiger partial charge in [0.05, 0.1) is 0 Å². The number of benzene rings is 5. The molecule has 6 aliphatic carbocycles. The predicted molar refractivity (Wildman–Crippen MR) is 202 cm³/mol. The summed E-state index contributed by atoms with van der Waals surface area (Å²) in [5.74, 6) is 5.48. The van der Waals surface area contributed by atoms with Gasteiger partial charge in [0.1, 0.15) is 11.2 Å². The first-order chi connectivity index (χ1) is 24.2. The third kappa shape index (κ3) is 4.59. The van der Waals surface area contributed by atoms with Crippen molar-refractivity contribution < 1.29 is 4.42 Å². The lowest BCUT2D eigenvalue weighted by molar-refractivity contribution is -0.00518. The number of hydrogen-bond acceptors (Lipinski definition) is 2. The van der Waals surface area contributed by atoms with Crippen LogP contribution in [0.3, 0.4) is 0 Å². The molecule has 0 amide bonds. The molecular weight excluding hydrogens is 595 g/mol. The fraction of sp³-hybridized carbons (Fsp3) is 0.362. The van der Waals surface area contributed by atoms with E-state index < -0.39 is 0 Å². The summed E-state index contributed by atoms with van der Waals surface area (Å²) in [7, 11) is 0. The SMILES string of the molecule is c1ccc2c(c1)oc1c(-c3ccc(N(c4ccc(C5CC6CCC5C6)cc4)c4ccc(C56CC7CC(CC(C7)C5)C6)cc4)cc3)cccc12. The van der Waals surface area contributed by atoms with Gasteiger partial charge in [0.15, 0.2) is 0 Å². The van der Waals surface area contributed by atoms with Crippen LogP contribution in [-0.2, 0) is 5.41 Å². The molecule has 0 spiro atoms. The molecule has 5 aromatic carbocycles. The van der Waals surface area contributed by atoms with E-state index in [-0.39, 0.29) is 0 Å². The minimum Gasteiger partial charge on any atom is -0.455 e. The fourth-order valence-corrected chi connectivity index (χ4v) is 12.2. The maximum Gasteiger partial charge on any atom is 0.143 e. The molecule has 6 fully saturated rings. The van der Waals surface area contributed by atoms with Crippen molar-refractivity contribution in [2.75, 3.05) is 4.90 Å². The number of fused-ring (bicyclic) bond motifs is 5. The first-order valence-corrected chi connectivity index (χ1v) is 19.2. The fourth-order valence-electron chi connectivity index (χ4n) is 12.2. The molecule has 0 radical (unpaired) electrons. The molecule has 3 atom stereocenters. The van der Waals surface area contributed by atoms with Gasteiger partial charge in [0.2, 0.25) is 0 Å². The zero-order valence-electron chi connectivity index (χ0n) is 28.4. The number of anilines is 3. The van der Waals surface area contributed by atoms with Gasteiger partial charge in [-0.05, 0) is 158 Å². The van der Waals surface area contributed by atoms with Gasteiger partial charge in [-0.3, -0.25) is 0 Å². The number of furan rings is 1. The van der Waals surface area contributed by atoms with Gasteiger partial charge in [0, 0.05) is 33.4 Å². The smallest absolute Gasteiger partial charge is 0.143 e. The average molecular weight is 640 g/mol. The largest absolute Gasteiger partial charge is 0.455 e. The summed E-state index contributed by atoms with van der Waals surface area (Å²) in [4.78, 5) is 2.47. The van der Waals surface area contributed by atoms with Gasteiger partial charge >= 0.3 is 0 Å². The Hall–Kier alpha value is -4.30. The first-order valence-electron chi connectivity index (χ1n) is 19.2. The lowest BCUT2D eigenvalue weighted by Gasteiger charge is -2.57. The highest BCUT2D eigenvalue weighted by atomic mass is 16.3. The van der Waals surface area contributed by atoms with Crippen molar-refractivity contribution in [2.45, 2.75) is 75.5 Å². The molecule has 0 saturated heterocycles. The second kappa shape index (κ2) is 10.8. The Morgan fingerprint density at radius 2 is 1.16 bits per heavy atom. The lowest BCUT2D eigenvalue weighted by Crippen LogP contribution is -2.48. The summed E-state index contributed by atoms with van der Waals surface area (Å²) in [6.45, 7) is 0. The summed E-state index contributed by atoms with van der Waals surface area (Å²) in [6.07, 6.45) is 14.4. The van der Waals surface area contributed by atoms with Gasteiger partial charge in [-0.1, -0.05) is 79.2 Å². The van der Waals surface area contributed by atoms with Gasteiger partial charge in [0.25, 0.3) is 0 Å². The zero-order valence-corrected chi connectivity index (χ0v) is 28.4. The van der Waals surface area contributed by atoms with E-state index in [1.807, 2.05) is 6.07 Å². The van der Waals surface area contributed by atoms with Crippen LogP contribution >= 0.6 is 0 Å². The van der Waals surface area contributed by atoms with Gasteiger partial charge < -0.3 is 9.32 Å². The quantitative estimate of drug-likeness (QED) is 0.180. The standard InChI is InChI=1S/C47H45NO/c1-2-7-45-42(4-1)43-6-3-5-41(46(43)49-45)34-10-16-38(17-11-34)48(39-18-12-35(13-19-39)44-26-30-8-9-36(44)25-30)40-20-14-37(15-21-40)47-27-31-22-32(28-47)24-33(23-31)29-47/h1-7,10-21,30-33,36,44H,8-9,22-29H2. The van der Waals surface area contributed by atoms with Crippen molar-refractivity contribution in [2.24, 2.45) is 29.6 Å². The van der Waals surface area contributed by atoms with Crippen molar-refractivity contribution in [3.8, 4) is 11.1 Å². The minimum atomic E-state index is 0.416. The van der Waals surface area contributed by atoms with E-state index in [9.17, 15) is 0 Å². The Labute approximate surface area is 290 Å². The van der Waals surface area contributed by atoms with Crippen molar-refractivity contribution >= 4 is 39.0 Å². The van der Waals surface area contributed by atoms with Crippen LogP contribution in [0.2, 0.25) is 0 Å². The summed E-state index contributed by atoms with van der Waals surface area (Å²) in [5.41, 5.74) is 11.5. The van der Waals surface area contributed by atoms with Gasteiger partial charge in [-0.15, -0.1) is 0 Å². The second-order valence-corrected chi connectivity index (χ2v) is 16.8. The molecule has 12 rings (SSSR count). The van der Waals surface area contributed by atoms with Crippen LogP contribution < -0.4 is 4.90 Å². The van der Waals surface area contributed by atoms with Gasteiger partial charge in [-0.2, -0.15) is 0 Å². The summed E-state index contributed by atoms with van der Waals surface area (Å²) >= 11 is 0. The Bertz CT molecular complexity index is 2140. The molecule has 49 heavy (non-hydrogen) atoms. The van der Waals surface area contributed by atoms with Crippen LogP contribution in [0.4, 0.5) is 17.1 Å². The van der Waals surface area contributed by atoms with E-state index in [0.29, 0.717) is 5.41 Å². The lowest BCUT2D eigenvalue weighted by atomic mass is 9.48. The van der Waals surface area contributed by atoms with Crippen molar-refractivity contribution in [1.29, 1.82) is 0 Å². The van der Waals surface area contributed by atoms with Crippen LogP contribution in [-0.4, -0.2) is 0 Å². The topological polar surface area (TPSA) is 16.4 Å². The number of rotatable bonds is 6. The Balaban J connectivity index is 0.961. The van der Waals surface area contributed by atoms with E-state index in [0.717, 1.165) is 52.2 Å². The normalized spacial score (nSPS) is 29.7. The first kappa shape index (κ1) is 28.5. The molecule has 2 nitrogen and oxygen atoms in total. The number of para-hydroxylation sites is 2. The molecule has 0 aliphatic heterocycles. The molecule has 0 N–H and O–H groups in total. The van der Waals surface area contributed by atoms with E-state index >= 15 is 0 Å².